The van der Waals surface area contributed by atoms with Gasteiger partial charge in [0.25, 0.3) is 5.91 Å². The topological polar surface area (TPSA) is 192 Å². The average molecular weight is 870 g/mol. The first-order valence-corrected chi connectivity index (χ1v) is 21.2. The summed E-state index contributed by atoms with van der Waals surface area (Å²) in [4.78, 5) is 61.8. The zero-order valence-corrected chi connectivity index (χ0v) is 35.2. The lowest BCUT2D eigenvalue weighted by molar-refractivity contribution is -0.244. The Morgan fingerprint density at radius 2 is 1.70 bits per heavy atom. The monoisotopic (exact) mass is 869 g/mol. The third-order valence-electron chi connectivity index (χ3n) is 12.2. The largest absolute Gasteiger partial charge is 0.494 e. The van der Waals surface area contributed by atoms with Gasteiger partial charge in [-0.2, -0.15) is 13.2 Å². The number of pyridine rings is 1. The van der Waals surface area contributed by atoms with Crippen molar-refractivity contribution in [1.82, 2.24) is 25.2 Å². The minimum absolute atomic E-state index is 0.0550. The first-order chi connectivity index (χ1) is 28.0. The van der Waals surface area contributed by atoms with Crippen molar-refractivity contribution in [2.75, 3.05) is 20.8 Å². The molecule has 4 aliphatic rings. The molecule has 1 aromatic heterocycles. The number of ether oxygens (including phenoxy) is 4. The molecule has 1 unspecified atom stereocenters. The van der Waals surface area contributed by atoms with Crippen molar-refractivity contribution in [2.45, 2.75) is 120 Å². The molecule has 0 bridgehead atoms. The fourth-order valence-corrected chi connectivity index (χ4v) is 8.94. The lowest BCUT2D eigenvalue weighted by atomic mass is 9.92. The van der Waals surface area contributed by atoms with Crippen molar-refractivity contribution in [2.24, 2.45) is 17.8 Å². The maximum Gasteiger partial charge on any atom is 0.427 e. The van der Waals surface area contributed by atoms with Crippen LogP contribution in [0.5, 0.6) is 17.4 Å². The number of carbonyl (C=O) groups is 4. The highest BCUT2D eigenvalue weighted by Crippen LogP contribution is 2.48. The molecule has 0 radical (unpaired) electrons. The van der Waals surface area contributed by atoms with Gasteiger partial charge in [0, 0.05) is 17.7 Å². The molecule has 2 saturated carbocycles. The summed E-state index contributed by atoms with van der Waals surface area (Å²) in [6.45, 7) is 6.07. The summed E-state index contributed by atoms with van der Waals surface area (Å²) in [5, 5.41) is 5.62. The second-order valence-electron chi connectivity index (χ2n) is 17.1. The van der Waals surface area contributed by atoms with Gasteiger partial charge >= 0.3 is 12.3 Å². The van der Waals surface area contributed by atoms with E-state index >= 15 is 4.39 Å². The number of allylic oxidation sites excluding steroid dienone is 1. The standard InChI is InChI=1S/C40H51F4N5O10S/c1-21-9-8-10-22(2)31(46-36(53)59-37(3,4)40(42,43)44)34(51)49-20-24(58-33-26-16-27(41)29(56-6)17-25(26)30(57-7)19-45-33)15-28(49)32(50)47-39(18-23(39)12-11-21)35(52)48-60(54,55)38(5)13-14-38/h11-12,16-17,19,21-24,28,31H,8-10,13-15,18,20H2,1-7H3,(H,46,53)(H,47,50)(H,48,52)/b12-11-/t21-,22-,23-,24-,28+,31+,39?/m1/s1. The first kappa shape index (κ1) is 44.7. The maximum atomic E-state index is 15.1. The molecule has 4 amide bonds. The predicted molar refractivity (Wildman–Crippen MR) is 208 cm³/mol. The number of nitrogens with zero attached hydrogens (tertiary/aromatic N) is 2. The molecule has 60 heavy (non-hydrogen) atoms. The van der Waals surface area contributed by atoms with Gasteiger partial charge in [0.15, 0.2) is 11.6 Å². The highest BCUT2D eigenvalue weighted by atomic mass is 32.2. The minimum Gasteiger partial charge on any atom is -0.494 e. The van der Waals surface area contributed by atoms with Crippen LogP contribution < -0.4 is 29.6 Å². The van der Waals surface area contributed by atoms with Crippen LogP contribution in [0.1, 0.15) is 79.6 Å². The zero-order valence-electron chi connectivity index (χ0n) is 34.4. The Balaban J connectivity index is 1.37. The molecular weight excluding hydrogens is 819 g/mol. The number of methoxy groups -OCH3 is 2. The van der Waals surface area contributed by atoms with Gasteiger partial charge < -0.3 is 34.5 Å². The number of aromatic nitrogens is 1. The Morgan fingerprint density at radius 1 is 1.02 bits per heavy atom. The number of alkyl carbamates (subject to hydrolysis) is 1. The number of amides is 4. The molecular formula is C40H51F4N5O10S. The molecule has 6 rings (SSSR count). The number of benzene rings is 1. The van der Waals surface area contributed by atoms with Gasteiger partial charge in [0.05, 0.1) is 37.1 Å². The SMILES string of the molecule is COc1cc2c(OC)cnc(O[C@@H]3C[C@H]4C(=O)NC5(C(=O)NS(=O)(=O)C6(C)CC6)C[C@H]5/C=C\[C@H](C)CCC[C@@H](C)[C@H](NC(=O)OC(C)(C)C(F)(F)F)C(=O)N4C3)c2cc1F. The predicted octanol–water partition coefficient (Wildman–Crippen LogP) is 5.06. The highest BCUT2D eigenvalue weighted by Gasteiger charge is 2.63. The second-order valence-corrected chi connectivity index (χ2v) is 19.3. The summed E-state index contributed by atoms with van der Waals surface area (Å²) in [6.07, 6.45) is -0.591. The molecule has 0 spiro atoms. The third kappa shape index (κ3) is 8.79. The Kier molecular flexibility index (Phi) is 12.1. The van der Waals surface area contributed by atoms with Gasteiger partial charge in [-0.25, -0.2) is 22.6 Å². The summed E-state index contributed by atoms with van der Waals surface area (Å²) in [7, 11) is -1.44. The molecule has 3 fully saturated rings. The molecule has 15 nitrogen and oxygen atoms in total. The van der Waals surface area contributed by atoms with Gasteiger partial charge in [-0.3, -0.25) is 19.1 Å². The molecule has 2 aliphatic heterocycles. The van der Waals surface area contributed by atoms with Crippen LogP contribution in [0.4, 0.5) is 22.4 Å². The van der Waals surface area contributed by atoms with Crippen molar-refractivity contribution in [1.29, 1.82) is 0 Å². The van der Waals surface area contributed by atoms with Crippen LogP contribution in [0, 0.1) is 23.6 Å². The number of alkyl halides is 3. The van der Waals surface area contributed by atoms with E-state index in [0.29, 0.717) is 51.3 Å². The second kappa shape index (κ2) is 16.2. The molecule has 7 atom stereocenters. The molecule has 3 N–H and O–H groups in total. The van der Waals surface area contributed by atoms with Crippen LogP contribution in [0.15, 0.2) is 30.5 Å². The zero-order chi connectivity index (χ0) is 44.2. The van der Waals surface area contributed by atoms with Crippen LogP contribution in [-0.2, 0) is 29.1 Å². The molecule has 2 aliphatic carbocycles. The van der Waals surface area contributed by atoms with E-state index in [1.807, 2.05) is 13.0 Å². The van der Waals surface area contributed by atoms with E-state index < -0.39 is 91.7 Å². The number of carbonyl (C=O) groups excluding carboxylic acids is 4. The van der Waals surface area contributed by atoms with Crippen LogP contribution in [-0.4, -0.2) is 103 Å². The van der Waals surface area contributed by atoms with Crippen LogP contribution in [0.3, 0.4) is 0 Å². The van der Waals surface area contributed by atoms with Crippen molar-refractivity contribution in [3.63, 3.8) is 0 Å². The van der Waals surface area contributed by atoms with Crippen molar-refractivity contribution >= 4 is 44.6 Å². The van der Waals surface area contributed by atoms with E-state index in [1.54, 1.807) is 13.0 Å². The highest BCUT2D eigenvalue weighted by molar-refractivity contribution is 7.91. The number of fused-ring (bicyclic) bond motifs is 3. The van der Waals surface area contributed by atoms with Crippen LogP contribution >= 0.6 is 0 Å². The van der Waals surface area contributed by atoms with Crippen molar-refractivity contribution < 1.29 is 64.1 Å². The van der Waals surface area contributed by atoms with Crippen molar-refractivity contribution in [3.05, 3.63) is 36.3 Å². The van der Waals surface area contributed by atoms with Gasteiger partial charge in [0.1, 0.15) is 29.5 Å². The average Bonchev–Trinajstić information content (AvgIpc) is 4.05. The maximum absolute atomic E-state index is 15.1. The quantitative estimate of drug-likeness (QED) is 0.226. The Hall–Kier alpha value is -4.88. The molecule has 1 saturated heterocycles. The summed E-state index contributed by atoms with van der Waals surface area (Å²) in [6, 6.07) is -0.399. The molecule has 2 aromatic rings. The Labute approximate surface area is 345 Å². The summed E-state index contributed by atoms with van der Waals surface area (Å²) < 4.78 is 105. The van der Waals surface area contributed by atoms with Gasteiger partial charge in [0.2, 0.25) is 33.3 Å². The molecule has 1 aromatic carbocycles. The van der Waals surface area contributed by atoms with E-state index in [9.17, 15) is 40.8 Å². The first-order valence-electron chi connectivity index (χ1n) is 19.8. The van der Waals surface area contributed by atoms with Gasteiger partial charge in [-0.15, -0.1) is 0 Å². The minimum atomic E-state index is -4.94. The summed E-state index contributed by atoms with van der Waals surface area (Å²) >= 11 is 0. The van der Waals surface area contributed by atoms with E-state index in [2.05, 4.69) is 20.3 Å². The Bertz CT molecular complexity index is 2180. The molecule has 20 heteroatoms. The number of rotatable bonds is 9. The van der Waals surface area contributed by atoms with E-state index in [1.165, 1.54) is 33.4 Å². The van der Waals surface area contributed by atoms with E-state index in [-0.39, 0.29) is 48.1 Å². The number of hydrogen-bond donors (Lipinski definition) is 3. The number of hydrogen-bond acceptors (Lipinski definition) is 11. The summed E-state index contributed by atoms with van der Waals surface area (Å²) in [5.41, 5.74) is -4.63. The van der Waals surface area contributed by atoms with Crippen LogP contribution in [0.25, 0.3) is 10.8 Å². The number of sulfonamides is 1. The number of nitrogens with one attached hydrogen (secondary N) is 3. The lowest BCUT2D eigenvalue weighted by Crippen LogP contribution is -2.59. The van der Waals surface area contributed by atoms with Gasteiger partial charge in [-0.1, -0.05) is 32.4 Å². The van der Waals surface area contributed by atoms with Crippen LogP contribution in [0.2, 0.25) is 0 Å². The molecule has 3 heterocycles. The lowest BCUT2D eigenvalue weighted by Gasteiger charge is -2.33. The number of halogens is 4. The molecule has 330 valence electrons. The van der Waals surface area contributed by atoms with Gasteiger partial charge in [-0.05, 0) is 76.8 Å². The summed E-state index contributed by atoms with van der Waals surface area (Å²) in [5.74, 6) is -4.66. The smallest absolute Gasteiger partial charge is 0.427 e. The fourth-order valence-electron chi connectivity index (χ4n) is 7.62. The van der Waals surface area contributed by atoms with E-state index in [4.69, 9.17) is 18.9 Å². The van der Waals surface area contributed by atoms with Crippen molar-refractivity contribution in [3.8, 4) is 17.4 Å². The third-order valence-corrected chi connectivity index (χ3v) is 14.3. The Morgan fingerprint density at radius 3 is 2.33 bits per heavy atom. The van der Waals surface area contributed by atoms with E-state index in [0.717, 1.165) is 11.0 Å². The fraction of sp³-hybridized carbons (Fsp3) is 0.625. The normalized spacial score (nSPS) is 28.8.